The molecular weight excluding hydrogens is 356 g/mol. The minimum atomic E-state index is -0.0218. The Hall–Kier alpha value is -2.28. The minimum absolute atomic E-state index is 0.0218. The number of morpholine rings is 1. The maximum Gasteiger partial charge on any atom is 0.319 e. The third kappa shape index (κ3) is 4.24. The smallest absolute Gasteiger partial charge is 0.319 e. The van der Waals surface area contributed by atoms with Crippen molar-refractivity contribution in [2.75, 3.05) is 57.4 Å². The summed E-state index contributed by atoms with van der Waals surface area (Å²) in [5.74, 6) is -0.0218. The van der Waals surface area contributed by atoms with Crippen molar-refractivity contribution in [2.45, 2.75) is 31.7 Å². The van der Waals surface area contributed by atoms with E-state index in [-0.39, 0.29) is 18.0 Å². The molecule has 3 aliphatic rings. The van der Waals surface area contributed by atoms with Gasteiger partial charge in [0.25, 0.3) is 5.91 Å². The molecule has 28 heavy (non-hydrogen) atoms. The quantitative estimate of drug-likeness (QED) is 0.862. The normalized spacial score (nSPS) is 21.1. The molecule has 3 heterocycles. The summed E-state index contributed by atoms with van der Waals surface area (Å²) in [7, 11) is 0. The Morgan fingerprint density at radius 3 is 2.25 bits per heavy atom. The highest BCUT2D eigenvalue weighted by atomic mass is 16.5. The first kappa shape index (κ1) is 19.1. The average molecular weight is 386 g/mol. The summed E-state index contributed by atoms with van der Waals surface area (Å²) in [4.78, 5) is 31.6. The second-order valence-electron chi connectivity index (χ2n) is 7.83. The zero-order chi connectivity index (χ0) is 19.3. The molecule has 3 aliphatic heterocycles. The maximum absolute atomic E-state index is 12.9. The average Bonchev–Trinajstić information content (AvgIpc) is 3.29. The van der Waals surface area contributed by atoms with Gasteiger partial charge in [0.2, 0.25) is 0 Å². The van der Waals surface area contributed by atoms with E-state index in [1.54, 1.807) is 0 Å². The number of nitrogens with one attached hydrogen (secondary N) is 1. The van der Waals surface area contributed by atoms with Crippen molar-refractivity contribution in [1.29, 1.82) is 0 Å². The number of amides is 3. The monoisotopic (exact) mass is 386 g/mol. The number of hydrogen-bond donors (Lipinski definition) is 1. The molecule has 0 spiro atoms. The van der Waals surface area contributed by atoms with Gasteiger partial charge in [-0.15, -0.1) is 0 Å². The molecule has 3 amide bonds. The molecule has 0 aliphatic carbocycles. The second kappa shape index (κ2) is 8.82. The number of hydrogen-bond acceptors (Lipinski definition) is 4. The predicted molar refractivity (Wildman–Crippen MR) is 108 cm³/mol. The van der Waals surface area contributed by atoms with Crippen LogP contribution in [0.1, 0.15) is 36.0 Å². The Bertz CT molecular complexity index is 691. The maximum atomic E-state index is 12.9. The van der Waals surface area contributed by atoms with Crippen LogP contribution in [0, 0.1) is 0 Å². The number of urea groups is 1. The number of nitrogens with zero attached hydrogens (tertiary/aromatic N) is 3. The van der Waals surface area contributed by atoms with Crippen LogP contribution in [0.4, 0.5) is 10.5 Å². The molecule has 4 rings (SSSR count). The van der Waals surface area contributed by atoms with Crippen molar-refractivity contribution in [2.24, 2.45) is 0 Å². The second-order valence-corrected chi connectivity index (χ2v) is 7.83. The van der Waals surface area contributed by atoms with Crippen molar-refractivity contribution in [1.82, 2.24) is 15.1 Å². The molecule has 0 saturated carbocycles. The highest BCUT2D eigenvalue weighted by Crippen LogP contribution is 2.22. The summed E-state index contributed by atoms with van der Waals surface area (Å²) in [6.07, 6.45) is 3.84. The highest BCUT2D eigenvalue weighted by molar-refractivity contribution is 6.00. The fraction of sp³-hybridized carbons (Fsp3) is 0.619. The number of benzene rings is 1. The van der Waals surface area contributed by atoms with Crippen LogP contribution in [0.5, 0.6) is 0 Å². The Balaban J connectivity index is 1.33. The third-order valence-electron chi connectivity index (χ3n) is 5.98. The predicted octanol–water partition coefficient (Wildman–Crippen LogP) is 1.93. The Morgan fingerprint density at radius 1 is 0.893 bits per heavy atom. The lowest BCUT2D eigenvalue weighted by Gasteiger charge is -2.35. The Kier molecular flexibility index (Phi) is 6.00. The first-order chi connectivity index (χ1) is 13.7. The van der Waals surface area contributed by atoms with Gasteiger partial charge in [-0.1, -0.05) is 12.1 Å². The van der Waals surface area contributed by atoms with Gasteiger partial charge in [-0.25, -0.2) is 4.79 Å². The van der Waals surface area contributed by atoms with Crippen molar-refractivity contribution in [3.05, 3.63) is 29.8 Å². The third-order valence-corrected chi connectivity index (χ3v) is 5.98. The van der Waals surface area contributed by atoms with Crippen LogP contribution in [-0.2, 0) is 4.74 Å². The van der Waals surface area contributed by atoms with Crippen LogP contribution >= 0.6 is 0 Å². The minimum Gasteiger partial charge on any atom is -0.378 e. The highest BCUT2D eigenvalue weighted by Gasteiger charge is 2.29. The lowest BCUT2D eigenvalue weighted by molar-refractivity contribution is 0.0911. The molecule has 7 heteroatoms. The zero-order valence-electron chi connectivity index (χ0n) is 16.4. The SMILES string of the molecule is O=C(NC1CCN(C(=O)N2CCCC2)CC1)c1ccccc1N1CCOCC1. The van der Waals surface area contributed by atoms with E-state index in [4.69, 9.17) is 4.74 Å². The number of piperidine rings is 1. The van der Waals surface area contributed by atoms with Crippen molar-refractivity contribution >= 4 is 17.6 Å². The van der Waals surface area contributed by atoms with Gasteiger partial charge < -0.3 is 24.8 Å². The number of carbonyl (C=O) groups excluding carboxylic acids is 2. The summed E-state index contributed by atoms with van der Waals surface area (Å²) >= 11 is 0. The van der Waals surface area contributed by atoms with E-state index < -0.39 is 0 Å². The van der Waals surface area contributed by atoms with Crippen molar-refractivity contribution in [3.8, 4) is 0 Å². The van der Waals surface area contributed by atoms with E-state index in [1.165, 1.54) is 0 Å². The summed E-state index contributed by atoms with van der Waals surface area (Å²) in [6.45, 7) is 6.19. The van der Waals surface area contributed by atoms with E-state index in [0.29, 0.717) is 26.3 Å². The van der Waals surface area contributed by atoms with Crippen LogP contribution in [0.2, 0.25) is 0 Å². The fourth-order valence-corrected chi connectivity index (χ4v) is 4.33. The summed E-state index contributed by atoms with van der Waals surface area (Å²) in [5, 5.41) is 3.20. The molecule has 1 aromatic rings. The van der Waals surface area contributed by atoms with Gasteiger partial charge in [-0.3, -0.25) is 4.79 Å². The van der Waals surface area contributed by atoms with E-state index in [9.17, 15) is 9.59 Å². The molecule has 7 nitrogen and oxygen atoms in total. The summed E-state index contributed by atoms with van der Waals surface area (Å²) in [5.41, 5.74) is 1.70. The molecule has 0 radical (unpaired) electrons. The van der Waals surface area contributed by atoms with Gasteiger partial charge in [0.15, 0.2) is 0 Å². The van der Waals surface area contributed by atoms with Crippen molar-refractivity contribution in [3.63, 3.8) is 0 Å². The Morgan fingerprint density at radius 2 is 1.54 bits per heavy atom. The number of rotatable bonds is 3. The van der Waals surface area contributed by atoms with Gasteiger partial charge in [0, 0.05) is 51.0 Å². The molecule has 152 valence electrons. The molecule has 0 aromatic heterocycles. The molecule has 1 aromatic carbocycles. The van der Waals surface area contributed by atoms with Crippen LogP contribution in [0.25, 0.3) is 0 Å². The van der Waals surface area contributed by atoms with Crippen LogP contribution in [0.3, 0.4) is 0 Å². The standard InChI is InChI=1S/C21H30N4O3/c26-20(18-5-1-2-6-19(18)23-13-15-28-16-14-23)22-17-7-11-25(12-8-17)21(27)24-9-3-4-10-24/h1-2,5-6,17H,3-4,7-16H2,(H,22,26). The first-order valence-corrected chi connectivity index (χ1v) is 10.5. The number of ether oxygens (including phenoxy) is 1. The summed E-state index contributed by atoms with van der Waals surface area (Å²) in [6, 6.07) is 8.08. The number of carbonyl (C=O) groups is 2. The van der Waals surface area contributed by atoms with Crippen molar-refractivity contribution < 1.29 is 14.3 Å². The topological polar surface area (TPSA) is 65.1 Å². The van der Waals surface area contributed by atoms with Gasteiger partial charge in [-0.2, -0.15) is 0 Å². The number of para-hydroxylation sites is 1. The fourth-order valence-electron chi connectivity index (χ4n) is 4.33. The lowest BCUT2D eigenvalue weighted by atomic mass is 10.0. The zero-order valence-corrected chi connectivity index (χ0v) is 16.4. The first-order valence-electron chi connectivity index (χ1n) is 10.5. The van der Waals surface area contributed by atoms with Gasteiger partial charge in [-0.05, 0) is 37.8 Å². The van der Waals surface area contributed by atoms with E-state index >= 15 is 0 Å². The summed E-state index contributed by atoms with van der Waals surface area (Å²) < 4.78 is 5.43. The lowest BCUT2D eigenvalue weighted by Crippen LogP contribution is -2.50. The molecule has 3 saturated heterocycles. The largest absolute Gasteiger partial charge is 0.378 e. The van der Waals surface area contributed by atoms with Gasteiger partial charge in [0.1, 0.15) is 0 Å². The van der Waals surface area contributed by atoms with Gasteiger partial charge >= 0.3 is 6.03 Å². The van der Waals surface area contributed by atoms with Crippen LogP contribution in [-0.4, -0.2) is 80.3 Å². The molecule has 0 bridgehead atoms. The number of likely N-dealkylation sites (tertiary alicyclic amines) is 2. The number of anilines is 1. The van der Waals surface area contributed by atoms with Crippen LogP contribution < -0.4 is 10.2 Å². The van der Waals surface area contributed by atoms with Crippen LogP contribution in [0.15, 0.2) is 24.3 Å². The molecule has 1 N–H and O–H groups in total. The molecule has 0 atom stereocenters. The Labute approximate surface area is 166 Å². The van der Waals surface area contributed by atoms with Gasteiger partial charge in [0.05, 0.1) is 18.8 Å². The molecule has 3 fully saturated rings. The van der Waals surface area contributed by atoms with E-state index in [2.05, 4.69) is 10.2 Å². The van der Waals surface area contributed by atoms with E-state index in [0.717, 1.165) is 63.1 Å². The molecular formula is C21H30N4O3. The van der Waals surface area contributed by atoms with E-state index in [1.807, 2.05) is 34.1 Å². The molecule has 0 unspecified atom stereocenters.